The fraction of sp³-hybridized carbons (Fsp3) is 0.286. The van der Waals surface area contributed by atoms with Crippen molar-refractivity contribution in [2.75, 3.05) is 13.2 Å². The molecular weight excluding hydrogens is 510 g/mol. The third-order valence-corrected chi connectivity index (χ3v) is 6.42. The number of carboxylic acids is 1. The number of amides is 2. The summed E-state index contributed by atoms with van der Waals surface area (Å²) in [5, 5.41) is 8.55. The van der Waals surface area contributed by atoms with Gasteiger partial charge in [-0.05, 0) is 80.4 Å². The molecule has 1 saturated heterocycles. The van der Waals surface area contributed by atoms with Crippen LogP contribution in [0.1, 0.15) is 47.8 Å². The number of esters is 1. The Morgan fingerprint density at radius 3 is 2.42 bits per heavy atom. The summed E-state index contributed by atoms with van der Waals surface area (Å²) in [6.07, 6.45) is 3.72. The van der Waals surface area contributed by atoms with Crippen molar-refractivity contribution in [1.29, 1.82) is 0 Å². The molecule has 0 aromatic heterocycles. The van der Waals surface area contributed by atoms with Crippen LogP contribution >= 0.6 is 11.8 Å². The van der Waals surface area contributed by atoms with E-state index in [0.717, 1.165) is 27.8 Å². The highest BCUT2D eigenvalue weighted by Crippen LogP contribution is 2.38. The molecular formula is C28H29NO8S. The number of benzene rings is 2. The lowest BCUT2D eigenvalue weighted by molar-refractivity contribution is -0.150. The smallest absolute Gasteiger partial charge is 0.335 e. The molecule has 1 N–H and O–H groups in total. The summed E-state index contributed by atoms with van der Waals surface area (Å²) in [5.41, 5.74) is 2.31. The van der Waals surface area contributed by atoms with E-state index in [-0.39, 0.29) is 23.7 Å². The van der Waals surface area contributed by atoms with Crippen molar-refractivity contribution in [2.45, 2.75) is 39.8 Å². The Morgan fingerprint density at radius 2 is 1.82 bits per heavy atom. The van der Waals surface area contributed by atoms with Gasteiger partial charge in [0.15, 0.2) is 11.5 Å². The first-order chi connectivity index (χ1) is 18.2. The van der Waals surface area contributed by atoms with E-state index >= 15 is 0 Å². The summed E-state index contributed by atoms with van der Waals surface area (Å²) in [4.78, 5) is 49.8. The quantitative estimate of drug-likeness (QED) is 0.224. The molecule has 38 heavy (non-hydrogen) atoms. The molecule has 9 nitrogen and oxygen atoms in total. The predicted octanol–water partition coefficient (Wildman–Crippen LogP) is 5.08. The fourth-order valence-corrected chi connectivity index (χ4v) is 4.64. The van der Waals surface area contributed by atoms with Gasteiger partial charge in [-0.1, -0.05) is 18.2 Å². The maximum atomic E-state index is 13.0. The van der Waals surface area contributed by atoms with E-state index in [1.165, 1.54) is 19.1 Å². The molecule has 0 bridgehead atoms. The van der Waals surface area contributed by atoms with Gasteiger partial charge in [0.05, 0.1) is 23.7 Å². The van der Waals surface area contributed by atoms with E-state index in [0.29, 0.717) is 30.1 Å². The molecule has 1 aliphatic heterocycles. The molecule has 0 unspecified atom stereocenters. The standard InChI is InChI=1S/C28H29NO8S/c1-5-8-21-13-19(15-23-25(30)29(28(34)38-23)17(4)27(33)36-7-3)14-22(35-6-2)24(21)37-16-18-9-11-20(12-10-18)26(31)32/h5,9-15,17H,1,6-8,16H2,2-4H3,(H,31,32)/b23-15+/t17-/m0/s1. The Hall–Kier alpha value is -4.05. The van der Waals surface area contributed by atoms with Gasteiger partial charge < -0.3 is 19.3 Å². The topological polar surface area (TPSA) is 119 Å². The number of imide groups is 1. The van der Waals surface area contributed by atoms with E-state index in [1.807, 2.05) is 13.0 Å². The molecule has 200 valence electrons. The summed E-state index contributed by atoms with van der Waals surface area (Å²) in [6.45, 7) is 9.42. The zero-order valence-corrected chi connectivity index (χ0v) is 22.2. The second-order valence-corrected chi connectivity index (χ2v) is 9.20. The predicted molar refractivity (Wildman–Crippen MR) is 143 cm³/mol. The van der Waals surface area contributed by atoms with Crippen molar-refractivity contribution in [3.8, 4) is 11.5 Å². The van der Waals surface area contributed by atoms with Crippen LogP contribution in [-0.4, -0.2) is 52.3 Å². The number of aromatic carboxylic acids is 1. The summed E-state index contributed by atoms with van der Waals surface area (Å²) in [7, 11) is 0. The second kappa shape index (κ2) is 13.0. The Bertz CT molecular complexity index is 1270. The van der Waals surface area contributed by atoms with Crippen LogP contribution in [0.2, 0.25) is 0 Å². The zero-order valence-electron chi connectivity index (χ0n) is 21.4. The summed E-state index contributed by atoms with van der Waals surface area (Å²) >= 11 is 0.750. The van der Waals surface area contributed by atoms with E-state index in [4.69, 9.17) is 19.3 Å². The molecule has 1 fully saturated rings. The molecule has 2 aromatic carbocycles. The second-order valence-electron chi connectivity index (χ2n) is 8.20. The minimum absolute atomic E-state index is 0.142. The molecule has 1 aliphatic rings. The number of allylic oxidation sites excluding steroid dienone is 1. The van der Waals surface area contributed by atoms with Gasteiger partial charge in [0.25, 0.3) is 11.1 Å². The molecule has 1 heterocycles. The highest BCUT2D eigenvalue weighted by atomic mass is 32.2. The number of ether oxygens (including phenoxy) is 3. The Morgan fingerprint density at radius 1 is 1.11 bits per heavy atom. The average Bonchev–Trinajstić information content (AvgIpc) is 3.16. The molecule has 1 atom stereocenters. The van der Waals surface area contributed by atoms with Crippen molar-refractivity contribution in [3.05, 3.63) is 76.2 Å². The van der Waals surface area contributed by atoms with Gasteiger partial charge in [0.2, 0.25) is 0 Å². The van der Waals surface area contributed by atoms with E-state index < -0.39 is 29.1 Å². The van der Waals surface area contributed by atoms with Gasteiger partial charge in [-0.25, -0.2) is 9.59 Å². The number of hydrogen-bond donors (Lipinski definition) is 1. The minimum atomic E-state index is -1.04. The third-order valence-electron chi connectivity index (χ3n) is 5.54. The maximum Gasteiger partial charge on any atom is 0.335 e. The summed E-state index contributed by atoms with van der Waals surface area (Å²) in [6, 6.07) is 8.86. The number of rotatable bonds is 12. The number of nitrogens with zero attached hydrogens (tertiary/aromatic N) is 1. The van der Waals surface area contributed by atoms with Crippen molar-refractivity contribution in [1.82, 2.24) is 4.90 Å². The lowest BCUT2D eigenvalue weighted by Gasteiger charge is -2.19. The van der Waals surface area contributed by atoms with Gasteiger partial charge >= 0.3 is 11.9 Å². The van der Waals surface area contributed by atoms with Gasteiger partial charge in [0, 0.05) is 5.56 Å². The number of carbonyl (C=O) groups excluding carboxylic acids is 3. The lowest BCUT2D eigenvalue weighted by Crippen LogP contribution is -2.42. The third kappa shape index (κ3) is 6.63. The van der Waals surface area contributed by atoms with Crippen LogP contribution in [0.15, 0.2) is 54.0 Å². The van der Waals surface area contributed by atoms with Crippen LogP contribution in [0.25, 0.3) is 6.08 Å². The molecule has 2 amide bonds. The van der Waals surface area contributed by atoms with Crippen LogP contribution in [0.3, 0.4) is 0 Å². The summed E-state index contributed by atoms with van der Waals surface area (Å²) < 4.78 is 16.9. The molecule has 0 radical (unpaired) electrons. The first kappa shape index (κ1) is 28.5. The van der Waals surface area contributed by atoms with Crippen LogP contribution in [0, 0.1) is 0 Å². The van der Waals surface area contributed by atoms with Crippen LogP contribution < -0.4 is 9.47 Å². The highest BCUT2D eigenvalue weighted by Gasteiger charge is 2.41. The molecule has 10 heteroatoms. The van der Waals surface area contributed by atoms with Crippen LogP contribution in [0.4, 0.5) is 4.79 Å². The van der Waals surface area contributed by atoms with Gasteiger partial charge in [-0.2, -0.15) is 0 Å². The minimum Gasteiger partial charge on any atom is -0.490 e. The van der Waals surface area contributed by atoms with Crippen LogP contribution in [-0.2, 0) is 27.4 Å². The van der Waals surface area contributed by atoms with Crippen molar-refractivity contribution in [3.63, 3.8) is 0 Å². The number of carboxylic acid groups (broad SMARTS) is 1. The first-order valence-corrected chi connectivity index (χ1v) is 12.8. The number of thioether (sulfide) groups is 1. The Balaban J connectivity index is 1.91. The first-order valence-electron chi connectivity index (χ1n) is 12.0. The number of hydrogen-bond acceptors (Lipinski definition) is 8. The van der Waals surface area contributed by atoms with E-state index in [2.05, 4.69) is 6.58 Å². The molecule has 0 aliphatic carbocycles. The van der Waals surface area contributed by atoms with Crippen molar-refractivity contribution in [2.24, 2.45) is 0 Å². The molecule has 0 saturated carbocycles. The van der Waals surface area contributed by atoms with Gasteiger partial charge in [0.1, 0.15) is 12.6 Å². The summed E-state index contributed by atoms with van der Waals surface area (Å²) in [5.74, 6) is -1.29. The largest absolute Gasteiger partial charge is 0.490 e. The SMILES string of the molecule is C=CCc1cc(/C=C2/SC(=O)N([C@@H](C)C(=O)OCC)C2=O)cc(OCC)c1OCc1ccc(C(=O)O)cc1. The van der Waals surface area contributed by atoms with Crippen molar-refractivity contribution < 1.29 is 38.5 Å². The Kier molecular flexibility index (Phi) is 9.72. The lowest BCUT2D eigenvalue weighted by atomic mass is 10.0. The average molecular weight is 540 g/mol. The molecule has 0 spiro atoms. The van der Waals surface area contributed by atoms with E-state index in [1.54, 1.807) is 37.3 Å². The Labute approximate surface area is 225 Å². The van der Waals surface area contributed by atoms with Crippen molar-refractivity contribution >= 4 is 40.9 Å². The van der Waals surface area contributed by atoms with E-state index in [9.17, 15) is 19.2 Å². The number of carbonyl (C=O) groups is 4. The zero-order chi connectivity index (χ0) is 27.8. The fourth-order valence-electron chi connectivity index (χ4n) is 3.73. The van der Waals surface area contributed by atoms with Gasteiger partial charge in [-0.15, -0.1) is 6.58 Å². The normalized spacial score (nSPS) is 14.9. The van der Waals surface area contributed by atoms with Crippen LogP contribution in [0.5, 0.6) is 11.5 Å². The highest BCUT2D eigenvalue weighted by molar-refractivity contribution is 8.18. The molecule has 3 rings (SSSR count). The molecule has 2 aromatic rings. The maximum absolute atomic E-state index is 13.0. The van der Waals surface area contributed by atoms with Gasteiger partial charge in [-0.3, -0.25) is 14.5 Å². The monoisotopic (exact) mass is 539 g/mol.